The van der Waals surface area contributed by atoms with E-state index in [0.717, 1.165) is 23.4 Å². The molecule has 1 atom stereocenters. The molecule has 96 valence electrons. The van der Waals surface area contributed by atoms with E-state index in [1.54, 1.807) is 0 Å². The Balaban J connectivity index is 2.20. The second kappa shape index (κ2) is 5.36. The summed E-state index contributed by atoms with van der Waals surface area (Å²) >= 11 is 0. The number of anilines is 1. The Kier molecular flexibility index (Phi) is 3.82. The van der Waals surface area contributed by atoms with Gasteiger partial charge in [-0.05, 0) is 30.5 Å². The number of hydrogen-bond acceptors (Lipinski definition) is 3. The van der Waals surface area contributed by atoms with Crippen LogP contribution in [-0.4, -0.2) is 17.6 Å². The first-order chi connectivity index (χ1) is 8.58. The predicted molar refractivity (Wildman–Crippen MR) is 77.8 cm³/mol. The van der Waals surface area contributed by atoms with Gasteiger partial charge in [0.05, 0.1) is 5.52 Å². The summed E-state index contributed by atoms with van der Waals surface area (Å²) in [5.41, 5.74) is 8.21. The largest absolute Gasteiger partial charge is 0.368 e. The second-order valence-corrected chi connectivity index (χ2v) is 5.14. The summed E-state index contributed by atoms with van der Waals surface area (Å²) in [4.78, 5) is 4.64. The third-order valence-corrected chi connectivity index (χ3v) is 3.28. The maximum absolute atomic E-state index is 6.04. The molecule has 0 amide bonds. The van der Waals surface area contributed by atoms with Gasteiger partial charge in [-0.1, -0.05) is 32.0 Å². The zero-order chi connectivity index (χ0) is 13.1. The molecule has 0 fully saturated rings. The number of aryl methyl sites for hydroxylation is 1. The monoisotopic (exact) mass is 243 g/mol. The number of fused-ring (bicyclic) bond motifs is 1. The average molecular weight is 243 g/mol. The minimum atomic E-state index is 0.151. The fourth-order valence-corrected chi connectivity index (χ4v) is 1.85. The number of nitrogens with two attached hydrogens (primary N) is 1. The molecule has 1 aromatic heterocycles. The van der Waals surface area contributed by atoms with E-state index < -0.39 is 0 Å². The van der Waals surface area contributed by atoms with Crippen LogP contribution in [0.5, 0.6) is 0 Å². The number of nitrogens with one attached hydrogen (secondary N) is 1. The molecule has 1 aromatic carbocycles. The van der Waals surface area contributed by atoms with Gasteiger partial charge in [-0.2, -0.15) is 0 Å². The van der Waals surface area contributed by atoms with Gasteiger partial charge in [-0.15, -0.1) is 0 Å². The summed E-state index contributed by atoms with van der Waals surface area (Å²) in [5.74, 6) is 1.41. The van der Waals surface area contributed by atoms with Crippen molar-refractivity contribution in [2.45, 2.75) is 26.8 Å². The normalized spacial score (nSPS) is 12.9. The first kappa shape index (κ1) is 12.8. The Morgan fingerprint density at radius 3 is 2.72 bits per heavy atom. The number of pyridine rings is 1. The van der Waals surface area contributed by atoms with Crippen molar-refractivity contribution < 1.29 is 0 Å². The molecule has 0 aliphatic rings. The van der Waals surface area contributed by atoms with Crippen LogP contribution in [0.1, 0.15) is 19.4 Å². The molecule has 2 aromatic rings. The topological polar surface area (TPSA) is 50.9 Å². The molecular formula is C15H21N3. The standard InChI is InChI=1S/C15H21N3/c1-10(2)13(16)9-17-15-11(3)8-12-6-4-5-7-14(12)18-15/h4-8,10,13H,9,16H2,1-3H3,(H,17,18). The molecule has 3 nitrogen and oxygen atoms in total. The van der Waals surface area contributed by atoms with E-state index in [-0.39, 0.29) is 6.04 Å². The fraction of sp³-hybridized carbons (Fsp3) is 0.400. The van der Waals surface area contributed by atoms with Crippen LogP contribution in [0.4, 0.5) is 5.82 Å². The van der Waals surface area contributed by atoms with Crippen molar-refractivity contribution in [3.63, 3.8) is 0 Å². The number of nitrogens with zero attached hydrogens (tertiary/aromatic N) is 1. The summed E-state index contributed by atoms with van der Waals surface area (Å²) in [5, 5.41) is 4.52. The minimum absolute atomic E-state index is 0.151. The third kappa shape index (κ3) is 2.79. The van der Waals surface area contributed by atoms with Crippen LogP contribution >= 0.6 is 0 Å². The highest BCUT2D eigenvalue weighted by Crippen LogP contribution is 2.19. The molecule has 18 heavy (non-hydrogen) atoms. The molecule has 1 unspecified atom stereocenters. The molecule has 0 bridgehead atoms. The summed E-state index contributed by atoms with van der Waals surface area (Å²) < 4.78 is 0. The molecule has 0 saturated heterocycles. The van der Waals surface area contributed by atoms with Gasteiger partial charge < -0.3 is 11.1 Å². The Bertz CT molecular complexity index is 534. The predicted octanol–water partition coefficient (Wildman–Crippen LogP) is 2.94. The van der Waals surface area contributed by atoms with Crippen molar-refractivity contribution in [2.24, 2.45) is 11.7 Å². The highest BCUT2D eigenvalue weighted by molar-refractivity contribution is 5.81. The van der Waals surface area contributed by atoms with Crippen molar-refractivity contribution in [2.75, 3.05) is 11.9 Å². The molecular weight excluding hydrogens is 222 g/mol. The first-order valence-corrected chi connectivity index (χ1v) is 6.44. The SMILES string of the molecule is Cc1cc2ccccc2nc1NCC(N)C(C)C. The lowest BCUT2D eigenvalue weighted by Gasteiger charge is -2.17. The van der Waals surface area contributed by atoms with Gasteiger partial charge in [0.1, 0.15) is 5.82 Å². The lowest BCUT2D eigenvalue weighted by molar-refractivity contribution is 0.511. The summed E-state index contributed by atoms with van der Waals surface area (Å²) in [6.45, 7) is 7.09. The number of para-hydroxylation sites is 1. The molecule has 0 aliphatic heterocycles. The summed E-state index contributed by atoms with van der Waals surface area (Å²) in [6.07, 6.45) is 0. The fourth-order valence-electron chi connectivity index (χ4n) is 1.85. The molecule has 3 N–H and O–H groups in total. The van der Waals surface area contributed by atoms with E-state index in [1.165, 1.54) is 5.39 Å². The van der Waals surface area contributed by atoms with Crippen LogP contribution in [-0.2, 0) is 0 Å². The van der Waals surface area contributed by atoms with Gasteiger partial charge in [0.15, 0.2) is 0 Å². The Hall–Kier alpha value is -1.61. The quantitative estimate of drug-likeness (QED) is 0.868. The summed E-state index contributed by atoms with van der Waals surface area (Å²) in [7, 11) is 0. The van der Waals surface area contributed by atoms with Crippen molar-refractivity contribution in [3.8, 4) is 0 Å². The van der Waals surface area contributed by atoms with Crippen LogP contribution in [0.3, 0.4) is 0 Å². The van der Waals surface area contributed by atoms with Crippen LogP contribution in [0.25, 0.3) is 10.9 Å². The van der Waals surface area contributed by atoms with Crippen molar-refractivity contribution >= 4 is 16.7 Å². The van der Waals surface area contributed by atoms with Gasteiger partial charge >= 0.3 is 0 Å². The maximum atomic E-state index is 6.04. The van der Waals surface area contributed by atoms with E-state index in [1.807, 2.05) is 18.2 Å². The molecule has 2 rings (SSSR count). The van der Waals surface area contributed by atoms with Gasteiger partial charge in [-0.3, -0.25) is 0 Å². The Morgan fingerprint density at radius 1 is 1.28 bits per heavy atom. The molecule has 0 spiro atoms. The average Bonchev–Trinajstić information content (AvgIpc) is 2.35. The zero-order valence-corrected chi connectivity index (χ0v) is 11.3. The van der Waals surface area contributed by atoms with Gasteiger partial charge in [-0.25, -0.2) is 4.98 Å². The molecule has 3 heteroatoms. The zero-order valence-electron chi connectivity index (χ0n) is 11.3. The third-order valence-electron chi connectivity index (χ3n) is 3.28. The Labute approximate surface area is 108 Å². The molecule has 0 aliphatic carbocycles. The van der Waals surface area contributed by atoms with E-state index in [9.17, 15) is 0 Å². The molecule has 0 radical (unpaired) electrons. The van der Waals surface area contributed by atoms with Gasteiger partial charge in [0.2, 0.25) is 0 Å². The van der Waals surface area contributed by atoms with Crippen LogP contribution in [0.2, 0.25) is 0 Å². The second-order valence-electron chi connectivity index (χ2n) is 5.14. The van der Waals surface area contributed by atoms with Crippen molar-refractivity contribution in [3.05, 3.63) is 35.9 Å². The number of rotatable bonds is 4. The van der Waals surface area contributed by atoms with Crippen molar-refractivity contribution in [1.29, 1.82) is 0 Å². The first-order valence-electron chi connectivity index (χ1n) is 6.44. The highest BCUT2D eigenvalue weighted by Gasteiger charge is 2.09. The number of aromatic nitrogens is 1. The highest BCUT2D eigenvalue weighted by atomic mass is 15.0. The van der Waals surface area contributed by atoms with Gasteiger partial charge in [0, 0.05) is 18.0 Å². The van der Waals surface area contributed by atoms with Crippen LogP contribution < -0.4 is 11.1 Å². The smallest absolute Gasteiger partial charge is 0.129 e. The van der Waals surface area contributed by atoms with E-state index in [2.05, 4.69) is 43.2 Å². The minimum Gasteiger partial charge on any atom is -0.368 e. The molecule has 0 saturated carbocycles. The maximum Gasteiger partial charge on any atom is 0.129 e. The summed E-state index contributed by atoms with van der Waals surface area (Å²) in [6, 6.07) is 10.5. The Morgan fingerprint density at radius 2 is 2.00 bits per heavy atom. The number of hydrogen-bond donors (Lipinski definition) is 2. The molecule has 1 heterocycles. The van der Waals surface area contributed by atoms with Crippen molar-refractivity contribution in [1.82, 2.24) is 4.98 Å². The lowest BCUT2D eigenvalue weighted by atomic mass is 10.1. The van der Waals surface area contributed by atoms with Gasteiger partial charge in [0.25, 0.3) is 0 Å². The van der Waals surface area contributed by atoms with Crippen LogP contribution in [0.15, 0.2) is 30.3 Å². The van der Waals surface area contributed by atoms with E-state index in [4.69, 9.17) is 5.73 Å². The lowest BCUT2D eigenvalue weighted by Crippen LogP contribution is -2.34. The van der Waals surface area contributed by atoms with E-state index in [0.29, 0.717) is 5.92 Å². The van der Waals surface area contributed by atoms with Crippen LogP contribution in [0, 0.1) is 12.8 Å². The number of benzene rings is 1. The van der Waals surface area contributed by atoms with E-state index >= 15 is 0 Å².